The Morgan fingerprint density at radius 2 is 2.00 bits per heavy atom. The van der Waals surface area contributed by atoms with Crippen LogP contribution in [0.3, 0.4) is 0 Å². The number of nitrogens with one attached hydrogen (secondary N) is 1. The quantitative estimate of drug-likeness (QED) is 0.424. The van der Waals surface area contributed by atoms with Crippen molar-refractivity contribution in [1.29, 1.82) is 0 Å². The number of amides is 1. The van der Waals surface area contributed by atoms with E-state index in [1.807, 2.05) is 35.7 Å². The molecule has 0 spiro atoms. The van der Waals surface area contributed by atoms with Crippen molar-refractivity contribution in [3.63, 3.8) is 0 Å². The summed E-state index contributed by atoms with van der Waals surface area (Å²) in [6.45, 7) is 6.97. The molecule has 0 saturated carbocycles. The van der Waals surface area contributed by atoms with Gasteiger partial charge in [0.05, 0.1) is 11.3 Å². The summed E-state index contributed by atoms with van der Waals surface area (Å²) in [5, 5.41) is 5.39. The highest BCUT2D eigenvalue weighted by Crippen LogP contribution is 2.22. The third-order valence-electron chi connectivity index (χ3n) is 4.44. The summed E-state index contributed by atoms with van der Waals surface area (Å²) in [7, 11) is 0. The Hall–Kier alpha value is -2.12. The van der Waals surface area contributed by atoms with Crippen molar-refractivity contribution in [2.45, 2.75) is 45.3 Å². The normalized spacial score (nSPS) is 11.3. The largest absolute Gasteiger partial charge is 0.325 e. The predicted octanol–water partition coefficient (Wildman–Crippen LogP) is 4.80. The van der Waals surface area contributed by atoms with Gasteiger partial charge < -0.3 is 5.32 Å². The minimum atomic E-state index is -0.107. The topological polar surface area (TPSA) is 64.0 Å². The maximum atomic E-state index is 12.8. The van der Waals surface area contributed by atoms with Gasteiger partial charge in [0.25, 0.3) is 5.56 Å². The molecule has 2 heterocycles. The van der Waals surface area contributed by atoms with Crippen LogP contribution in [0.2, 0.25) is 0 Å². The Kier molecular flexibility index (Phi) is 6.91. The summed E-state index contributed by atoms with van der Waals surface area (Å²) in [6, 6.07) is 9.70. The van der Waals surface area contributed by atoms with Gasteiger partial charge in [0, 0.05) is 12.2 Å². The number of nitrogens with zero attached hydrogens (tertiary/aromatic N) is 2. The number of hydrogen-bond donors (Lipinski definition) is 1. The molecular formula is C21H25N3O2S2. The Morgan fingerprint density at radius 3 is 2.68 bits per heavy atom. The second kappa shape index (κ2) is 9.39. The number of carbonyl (C=O) groups excluding carboxylic acids is 1. The van der Waals surface area contributed by atoms with Crippen LogP contribution in [-0.2, 0) is 17.8 Å². The first-order valence-corrected chi connectivity index (χ1v) is 11.3. The van der Waals surface area contributed by atoms with Crippen molar-refractivity contribution < 1.29 is 4.79 Å². The summed E-state index contributed by atoms with van der Waals surface area (Å²) in [4.78, 5) is 29.8. The van der Waals surface area contributed by atoms with Crippen molar-refractivity contribution in [2.24, 2.45) is 5.92 Å². The Balaban J connectivity index is 1.73. The molecule has 0 aliphatic heterocycles. The fourth-order valence-corrected chi connectivity index (χ4v) is 4.37. The average Bonchev–Trinajstić information content (AvgIpc) is 3.15. The van der Waals surface area contributed by atoms with Crippen LogP contribution < -0.4 is 10.9 Å². The number of hydrogen-bond acceptors (Lipinski definition) is 5. The van der Waals surface area contributed by atoms with Crippen molar-refractivity contribution in [3.05, 3.63) is 51.6 Å². The average molecular weight is 416 g/mol. The highest BCUT2D eigenvalue weighted by Gasteiger charge is 2.14. The zero-order valence-electron chi connectivity index (χ0n) is 16.4. The van der Waals surface area contributed by atoms with E-state index in [1.54, 1.807) is 4.57 Å². The number of thioether (sulfide) groups is 1. The van der Waals surface area contributed by atoms with Gasteiger partial charge in [-0.25, -0.2) is 4.98 Å². The molecule has 1 amide bonds. The molecule has 0 aliphatic carbocycles. The lowest BCUT2D eigenvalue weighted by atomic mass is 10.1. The highest BCUT2D eigenvalue weighted by atomic mass is 32.2. The summed E-state index contributed by atoms with van der Waals surface area (Å²) in [5.74, 6) is 0.585. The van der Waals surface area contributed by atoms with Crippen LogP contribution in [0.4, 0.5) is 5.69 Å². The van der Waals surface area contributed by atoms with E-state index < -0.39 is 0 Å². The molecule has 3 rings (SSSR count). The molecule has 0 radical (unpaired) electrons. The fourth-order valence-electron chi connectivity index (χ4n) is 2.77. The maximum absolute atomic E-state index is 12.8. The molecule has 2 aromatic heterocycles. The van der Waals surface area contributed by atoms with E-state index >= 15 is 0 Å². The van der Waals surface area contributed by atoms with Gasteiger partial charge in [0.1, 0.15) is 4.70 Å². The zero-order valence-corrected chi connectivity index (χ0v) is 18.0. The van der Waals surface area contributed by atoms with E-state index in [4.69, 9.17) is 0 Å². The third-order valence-corrected chi connectivity index (χ3v) is 6.31. The van der Waals surface area contributed by atoms with Crippen LogP contribution in [0.5, 0.6) is 0 Å². The lowest BCUT2D eigenvalue weighted by molar-refractivity contribution is -0.113. The summed E-state index contributed by atoms with van der Waals surface area (Å²) < 4.78 is 2.39. The zero-order chi connectivity index (χ0) is 20.1. The van der Waals surface area contributed by atoms with E-state index in [0.29, 0.717) is 27.8 Å². The van der Waals surface area contributed by atoms with Crippen molar-refractivity contribution >= 4 is 44.9 Å². The molecule has 28 heavy (non-hydrogen) atoms. The molecule has 1 aromatic carbocycles. The van der Waals surface area contributed by atoms with Gasteiger partial charge in [-0.05, 0) is 47.9 Å². The number of anilines is 1. The maximum Gasteiger partial charge on any atom is 0.272 e. The molecule has 7 heteroatoms. The molecular weight excluding hydrogens is 390 g/mol. The van der Waals surface area contributed by atoms with Crippen LogP contribution in [-0.4, -0.2) is 21.2 Å². The number of thiophene rings is 1. The Labute approximate surface area is 173 Å². The molecule has 0 saturated heterocycles. The van der Waals surface area contributed by atoms with Gasteiger partial charge in [-0.1, -0.05) is 44.7 Å². The van der Waals surface area contributed by atoms with E-state index in [1.165, 1.54) is 28.7 Å². The molecule has 148 valence electrons. The number of benzene rings is 1. The van der Waals surface area contributed by atoms with Gasteiger partial charge in [0.15, 0.2) is 5.16 Å². The Bertz CT molecular complexity index is 1010. The lowest BCUT2D eigenvalue weighted by Gasteiger charge is -2.13. The van der Waals surface area contributed by atoms with Crippen LogP contribution in [0.1, 0.15) is 32.8 Å². The molecule has 3 aromatic rings. The molecule has 0 fully saturated rings. The predicted molar refractivity (Wildman–Crippen MR) is 119 cm³/mol. The van der Waals surface area contributed by atoms with E-state index in [-0.39, 0.29) is 17.2 Å². The van der Waals surface area contributed by atoms with Crippen LogP contribution >= 0.6 is 23.1 Å². The number of fused-ring (bicyclic) bond motifs is 1. The first-order chi connectivity index (χ1) is 13.5. The van der Waals surface area contributed by atoms with E-state index in [2.05, 4.69) is 31.1 Å². The van der Waals surface area contributed by atoms with E-state index in [0.717, 1.165) is 18.5 Å². The van der Waals surface area contributed by atoms with E-state index in [9.17, 15) is 9.59 Å². The number of rotatable bonds is 8. The monoisotopic (exact) mass is 415 g/mol. The van der Waals surface area contributed by atoms with Gasteiger partial charge in [0.2, 0.25) is 5.91 Å². The summed E-state index contributed by atoms with van der Waals surface area (Å²) in [5.41, 5.74) is 2.70. The third kappa shape index (κ3) is 5.02. The van der Waals surface area contributed by atoms with Crippen molar-refractivity contribution in [2.75, 3.05) is 11.1 Å². The molecule has 0 atom stereocenters. The molecule has 5 nitrogen and oxygen atoms in total. The van der Waals surface area contributed by atoms with Crippen LogP contribution in [0, 0.1) is 5.92 Å². The molecule has 0 bridgehead atoms. The van der Waals surface area contributed by atoms with Gasteiger partial charge in [-0.15, -0.1) is 11.3 Å². The SMILES string of the molecule is CCc1ccc(NC(=O)CSc2nc3ccsc3c(=O)n2CCC(C)C)cc1. The first kappa shape index (κ1) is 20.6. The molecule has 0 aliphatic rings. The minimum absolute atomic E-state index is 0.0151. The number of carbonyl (C=O) groups is 1. The van der Waals surface area contributed by atoms with Crippen LogP contribution in [0.25, 0.3) is 10.2 Å². The Morgan fingerprint density at radius 1 is 1.25 bits per heavy atom. The van der Waals surface area contributed by atoms with Gasteiger partial charge >= 0.3 is 0 Å². The fraction of sp³-hybridized carbons (Fsp3) is 0.381. The van der Waals surface area contributed by atoms with Gasteiger partial charge in [-0.2, -0.15) is 0 Å². The first-order valence-electron chi connectivity index (χ1n) is 9.47. The lowest BCUT2D eigenvalue weighted by Crippen LogP contribution is -2.24. The van der Waals surface area contributed by atoms with Crippen LogP contribution in [0.15, 0.2) is 45.7 Å². The number of aromatic nitrogens is 2. The highest BCUT2D eigenvalue weighted by molar-refractivity contribution is 7.99. The molecule has 1 N–H and O–H groups in total. The molecule has 0 unspecified atom stereocenters. The second-order valence-electron chi connectivity index (χ2n) is 7.06. The standard InChI is InChI=1S/C21H25N3O2S2/c1-4-15-5-7-16(8-6-15)22-18(25)13-28-21-23-17-10-12-27-19(17)20(26)24(21)11-9-14(2)3/h5-8,10,12,14H,4,9,11,13H2,1-3H3,(H,22,25). The minimum Gasteiger partial charge on any atom is -0.325 e. The van der Waals surface area contributed by atoms with Crippen molar-refractivity contribution in [3.8, 4) is 0 Å². The number of aryl methyl sites for hydroxylation is 1. The second-order valence-corrected chi connectivity index (χ2v) is 8.91. The summed E-state index contributed by atoms with van der Waals surface area (Å²) in [6.07, 6.45) is 1.86. The van der Waals surface area contributed by atoms with Crippen molar-refractivity contribution in [1.82, 2.24) is 9.55 Å². The summed E-state index contributed by atoms with van der Waals surface area (Å²) >= 11 is 2.73. The van der Waals surface area contributed by atoms with Gasteiger partial charge in [-0.3, -0.25) is 14.2 Å². The smallest absolute Gasteiger partial charge is 0.272 e.